The Labute approximate surface area is 116 Å². The third kappa shape index (κ3) is 3.66. The van der Waals surface area contributed by atoms with Gasteiger partial charge >= 0.3 is 0 Å². The first-order chi connectivity index (χ1) is 8.45. The lowest BCUT2D eigenvalue weighted by molar-refractivity contribution is 0.331. The zero-order valence-corrected chi connectivity index (χ0v) is 12.5. The Kier molecular flexibility index (Phi) is 4.24. The molecule has 1 aliphatic heterocycles. The molecule has 18 heavy (non-hydrogen) atoms. The predicted octanol–water partition coefficient (Wildman–Crippen LogP) is 1.68. The fraction of sp³-hybridized carbons (Fsp3) is 0.545. The fourth-order valence-corrected chi connectivity index (χ4v) is 3.11. The molecular weight excluding hydrogens is 318 g/mol. The van der Waals surface area contributed by atoms with Gasteiger partial charge in [0.1, 0.15) is 5.82 Å². The molecule has 0 spiro atoms. The van der Waals surface area contributed by atoms with Crippen molar-refractivity contribution >= 4 is 31.8 Å². The number of nitrogens with one attached hydrogen (secondary N) is 1. The van der Waals surface area contributed by atoms with E-state index in [4.69, 9.17) is 0 Å². The molecule has 2 rings (SSSR count). The van der Waals surface area contributed by atoms with Crippen molar-refractivity contribution in [3.05, 3.63) is 22.8 Å². The number of aromatic nitrogens is 1. The van der Waals surface area contributed by atoms with Crippen LogP contribution < -0.4 is 5.32 Å². The van der Waals surface area contributed by atoms with Gasteiger partial charge < -0.3 is 5.32 Å². The van der Waals surface area contributed by atoms with Gasteiger partial charge in [0.2, 0.25) is 10.0 Å². The SMILES string of the molecule is CS(=O)(=O)N1CCC(Nc2ccc(Br)cn2)CC1. The Balaban J connectivity index is 1.89. The topological polar surface area (TPSA) is 62.3 Å². The maximum atomic E-state index is 11.4. The number of piperidine rings is 1. The number of nitrogens with zero attached hydrogens (tertiary/aromatic N) is 2. The van der Waals surface area contributed by atoms with Gasteiger partial charge in [-0.3, -0.25) is 0 Å². The van der Waals surface area contributed by atoms with Crippen molar-refractivity contribution in [3.63, 3.8) is 0 Å². The Morgan fingerprint density at radius 3 is 2.56 bits per heavy atom. The lowest BCUT2D eigenvalue weighted by atomic mass is 10.1. The van der Waals surface area contributed by atoms with E-state index in [2.05, 4.69) is 26.2 Å². The molecule has 0 aliphatic carbocycles. The van der Waals surface area contributed by atoms with Gasteiger partial charge in [0.25, 0.3) is 0 Å². The summed E-state index contributed by atoms with van der Waals surface area (Å²) in [6, 6.07) is 4.13. The molecule has 100 valence electrons. The smallest absolute Gasteiger partial charge is 0.211 e. The molecule has 0 bridgehead atoms. The van der Waals surface area contributed by atoms with Crippen molar-refractivity contribution in [1.29, 1.82) is 0 Å². The summed E-state index contributed by atoms with van der Waals surface area (Å²) in [6.07, 6.45) is 4.63. The van der Waals surface area contributed by atoms with Gasteiger partial charge in [-0.05, 0) is 40.9 Å². The van der Waals surface area contributed by atoms with Gasteiger partial charge in [-0.15, -0.1) is 0 Å². The van der Waals surface area contributed by atoms with Gasteiger partial charge in [-0.1, -0.05) is 0 Å². The van der Waals surface area contributed by atoms with Gasteiger partial charge in [0, 0.05) is 29.8 Å². The van der Waals surface area contributed by atoms with Crippen LogP contribution in [-0.2, 0) is 10.0 Å². The second-order valence-electron chi connectivity index (χ2n) is 4.44. The van der Waals surface area contributed by atoms with E-state index >= 15 is 0 Å². The van der Waals surface area contributed by atoms with Crippen LogP contribution in [0.25, 0.3) is 0 Å². The van der Waals surface area contributed by atoms with E-state index < -0.39 is 10.0 Å². The van der Waals surface area contributed by atoms with E-state index in [0.29, 0.717) is 13.1 Å². The molecule has 0 unspecified atom stereocenters. The van der Waals surface area contributed by atoms with E-state index in [1.54, 1.807) is 6.20 Å². The average molecular weight is 334 g/mol. The van der Waals surface area contributed by atoms with Crippen LogP contribution in [0.1, 0.15) is 12.8 Å². The zero-order chi connectivity index (χ0) is 13.2. The monoisotopic (exact) mass is 333 g/mol. The third-order valence-electron chi connectivity index (χ3n) is 3.00. The molecule has 2 heterocycles. The molecule has 0 saturated carbocycles. The lowest BCUT2D eigenvalue weighted by Gasteiger charge is -2.30. The van der Waals surface area contributed by atoms with Crippen LogP contribution >= 0.6 is 15.9 Å². The van der Waals surface area contributed by atoms with Crippen molar-refractivity contribution in [3.8, 4) is 0 Å². The number of anilines is 1. The van der Waals surface area contributed by atoms with Crippen LogP contribution in [0.15, 0.2) is 22.8 Å². The normalized spacial score (nSPS) is 18.8. The first-order valence-electron chi connectivity index (χ1n) is 5.78. The van der Waals surface area contributed by atoms with Crippen LogP contribution in [0.5, 0.6) is 0 Å². The molecule has 1 fully saturated rings. The maximum Gasteiger partial charge on any atom is 0.211 e. The van der Waals surface area contributed by atoms with Crippen molar-refractivity contribution < 1.29 is 8.42 Å². The van der Waals surface area contributed by atoms with Crippen LogP contribution in [0.3, 0.4) is 0 Å². The molecule has 0 aromatic carbocycles. The molecule has 0 radical (unpaired) electrons. The number of sulfonamides is 1. The maximum absolute atomic E-state index is 11.4. The quantitative estimate of drug-likeness (QED) is 0.914. The summed E-state index contributed by atoms with van der Waals surface area (Å²) < 4.78 is 25.2. The Hall–Kier alpha value is -0.660. The van der Waals surface area contributed by atoms with Gasteiger partial charge in [0.15, 0.2) is 0 Å². The Bertz CT molecular complexity index is 496. The van der Waals surface area contributed by atoms with Crippen LogP contribution in [0, 0.1) is 0 Å². The second kappa shape index (κ2) is 5.54. The molecule has 1 aromatic rings. The highest BCUT2D eigenvalue weighted by Crippen LogP contribution is 2.18. The highest BCUT2D eigenvalue weighted by atomic mass is 79.9. The van der Waals surface area contributed by atoms with E-state index in [1.807, 2.05) is 12.1 Å². The van der Waals surface area contributed by atoms with Crippen LogP contribution in [-0.4, -0.2) is 43.1 Å². The van der Waals surface area contributed by atoms with Crippen molar-refractivity contribution in [2.24, 2.45) is 0 Å². The minimum atomic E-state index is -3.04. The van der Waals surface area contributed by atoms with Crippen molar-refractivity contribution in [1.82, 2.24) is 9.29 Å². The zero-order valence-electron chi connectivity index (χ0n) is 10.1. The standard InChI is InChI=1S/C11H16BrN3O2S/c1-18(16,17)15-6-4-10(5-7-15)14-11-3-2-9(12)8-13-11/h2-3,8,10H,4-7H2,1H3,(H,13,14). The molecule has 1 saturated heterocycles. The van der Waals surface area contributed by atoms with E-state index in [-0.39, 0.29) is 6.04 Å². The lowest BCUT2D eigenvalue weighted by Crippen LogP contribution is -2.41. The third-order valence-corrected chi connectivity index (χ3v) is 4.77. The summed E-state index contributed by atoms with van der Waals surface area (Å²) in [4.78, 5) is 4.25. The molecule has 7 heteroatoms. The first-order valence-corrected chi connectivity index (χ1v) is 8.42. The molecule has 1 N–H and O–H groups in total. The van der Waals surface area contributed by atoms with Crippen molar-refractivity contribution in [2.75, 3.05) is 24.7 Å². The molecule has 1 aromatic heterocycles. The van der Waals surface area contributed by atoms with E-state index in [9.17, 15) is 8.42 Å². The van der Waals surface area contributed by atoms with E-state index in [0.717, 1.165) is 23.1 Å². The van der Waals surface area contributed by atoms with Crippen molar-refractivity contribution in [2.45, 2.75) is 18.9 Å². The van der Waals surface area contributed by atoms with Crippen LogP contribution in [0.4, 0.5) is 5.82 Å². The Morgan fingerprint density at radius 2 is 2.06 bits per heavy atom. The number of rotatable bonds is 3. The summed E-state index contributed by atoms with van der Waals surface area (Å²) in [5.41, 5.74) is 0. The number of hydrogen-bond donors (Lipinski definition) is 1. The van der Waals surface area contributed by atoms with Gasteiger partial charge in [0.05, 0.1) is 6.26 Å². The number of hydrogen-bond acceptors (Lipinski definition) is 4. The molecule has 5 nitrogen and oxygen atoms in total. The van der Waals surface area contributed by atoms with Gasteiger partial charge in [-0.2, -0.15) is 0 Å². The summed E-state index contributed by atoms with van der Waals surface area (Å²) in [6.45, 7) is 1.15. The average Bonchev–Trinajstić information content (AvgIpc) is 2.32. The number of halogens is 1. The predicted molar refractivity (Wildman–Crippen MR) is 75.0 cm³/mol. The summed E-state index contributed by atoms with van der Waals surface area (Å²) in [7, 11) is -3.04. The number of pyridine rings is 1. The molecule has 1 aliphatic rings. The van der Waals surface area contributed by atoms with Crippen LogP contribution in [0.2, 0.25) is 0 Å². The highest BCUT2D eigenvalue weighted by molar-refractivity contribution is 9.10. The van der Waals surface area contributed by atoms with E-state index in [1.165, 1.54) is 10.6 Å². The Morgan fingerprint density at radius 1 is 1.39 bits per heavy atom. The molecular formula is C11H16BrN3O2S. The minimum Gasteiger partial charge on any atom is -0.367 e. The largest absolute Gasteiger partial charge is 0.367 e. The molecule has 0 amide bonds. The summed E-state index contributed by atoms with van der Waals surface area (Å²) >= 11 is 3.34. The highest BCUT2D eigenvalue weighted by Gasteiger charge is 2.24. The molecule has 0 atom stereocenters. The fourth-order valence-electron chi connectivity index (χ4n) is 2.00. The summed E-state index contributed by atoms with van der Waals surface area (Å²) in [5.74, 6) is 0.830. The second-order valence-corrected chi connectivity index (χ2v) is 7.34. The van der Waals surface area contributed by atoms with Gasteiger partial charge in [-0.25, -0.2) is 17.7 Å². The minimum absolute atomic E-state index is 0.289. The first kappa shape index (κ1) is 13.8. The summed E-state index contributed by atoms with van der Waals surface area (Å²) in [5, 5.41) is 3.33.